The van der Waals surface area contributed by atoms with E-state index in [4.69, 9.17) is 27.4 Å². The molecule has 2 N–H and O–H groups in total. The number of rotatable bonds is 9. The molecule has 0 saturated heterocycles. The number of anilines is 1. The Hall–Kier alpha value is -1.24. The summed E-state index contributed by atoms with van der Waals surface area (Å²) in [7, 11) is 3.31. The maximum absolute atomic E-state index is 13.4. The van der Waals surface area contributed by atoms with Crippen molar-refractivity contribution in [1.29, 1.82) is 0 Å². The van der Waals surface area contributed by atoms with Gasteiger partial charge in [-0.2, -0.15) is 0 Å². The Morgan fingerprint density at radius 3 is 2.55 bits per heavy atom. The van der Waals surface area contributed by atoms with Gasteiger partial charge in [-0.1, -0.05) is 12.2 Å². The lowest BCUT2D eigenvalue weighted by molar-refractivity contribution is 0.191. The highest BCUT2D eigenvalue weighted by atomic mass is 32.1. The van der Waals surface area contributed by atoms with Gasteiger partial charge in [-0.15, -0.1) is 0 Å². The number of benzene rings is 1. The van der Waals surface area contributed by atoms with E-state index in [0.717, 1.165) is 18.7 Å². The SMILES string of the molecule is COCCCN(CCOC)c1ccc(F)cc1C(N)=S. The van der Waals surface area contributed by atoms with Gasteiger partial charge in [0.1, 0.15) is 10.8 Å². The maximum Gasteiger partial charge on any atom is 0.124 e. The van der Waals surface area contributed by atoms with Crippen LogP contribution in [0, 0.1) is 5.82 Å². The van der Waals surface area contributed by atoms with Crippen molar-refractivity contribution in [2.45, 2.75) is 6.42 Å². The smallest absolute Gasteiger partial charge is 0.124 e. The van der Waals surface area contributed by atoms with E-state index in [9.17, 15) is 4.39 Å². The van der Waals surface area contributed by atoms with Gasteiger partial charge in [-0.05, 0) is 24.6 Å². The predicted molar refractivity (Wildman–Crippen MR) is 82.9 cm³/mol. The van der Waals surface area contributed by atoms with E-state index < -0.39 is 0 Å². The van der Waals surface area contributed by atoms with Crippen molar-refractivity contribution in [3.05, 3.63) is 29.6 Å². The van der Waals surface area contributed by atoms with E-state index >= 15 is 0 Å². The van der Waals surface area contributed by atoms with Crippen molar-refractivity contribution in [2.24, 2.45) is 5.73 Å². The Morgan fingerprint density at radius 1 is 1.25 bits per heavy atom. The van der Waals surface area contributed by atoms with E-state index in [1.165, 1.54) is 12.1 Å². The molecule has 4 nitrogen and oxygen atoms in total. The second-order valence-corrected chi connectivity index (χ2v) is 4.79. The first-order valence-corrected chi connectivity index (χ1v) is 6.83. The summed E-state index contributed by atoms with van der Waals surface area (Å²) >= 11 is 5.00. The lowest BCUT2D eigenvalue weighted by Crippen LogP contribution is -2.31. The van der Waals surface area contributed by atoms with Gasteiger partial charge in [0.2, 0.25) is 0 Å². The zero-order chi connectivity index (χ0) is 15.0. The molecule has 0 aliphatic carbocycles. The average Bonchev–Trinajstić information content (AvgIpc) is 2.43. The normalized spacial score (nSPS) is 10.6. The molecule has 0 bridgehead atoms. The summed E-state index contributed by atoms with van der Waals surface area (Å²) in [6.07, 6.45) is 0.856. The first-order valence-electron chi connectivity index (χ1n) is 6.42. The molecule has 1 aromatic rings. The summed E-state index contributed by atoms with van der Waals surface area (Å²) in [4.78, 5) is 2.27. The molecule has 0 heterocycles. The fraction of sp³-hybridized carbons (Fsp3) is 0.500. The minimum absolute atomic E-state index is 0.189. The number of methoxy groups -OCH3 is 2. The quantitative estimate of drug-likeness (QED) is 0.558. The third-order valence-corrected chi connectivity index (χ3v) is 3.13. The van der Waals surface area contributed by atoms with Gasteiger partial charge >= 0.3 is 0 Å². The van der Waals surface area contributed by atoms with Gasteiger partial charge < -0.3 is 20.1 Å². The van der Waals surface area contributed by atoms with Crippen LogP contribution in [-0.4, -0.2) is 45.5 Å². The van der Waals surface area contributed by atoms with Crippen molar-refractivity contribution in [3.8, 4) is 0 Å². The monoisotopic (exact) mass is 300 g/mol. The largest absolute Gasteiger partial charge is 0.389 e. The summed E-state index contributed by atoms with van der Waals surface area (Å²) in [5.41, 5.74) is 7.06. The summed E-state index contributed by atoms with van der Waals surface area (Å²) in [5, 5.41) is 0. The van der Waals surface area contributed by atoms with Gasteiger partial charge in [0.25, 0.3) is 0 Å². The number of nitrogens with zero attached hydrogens (tertiary/aromatic N) is 1. The summed E-state index contributed by atoms with van der Waals surface area (Å²) in [6.45, 7) is 2.67. The van der Waals surface area contributed by atoms with Crippen LogP contribution < -0.4 is 10.6 Å². The van der Waals surface area contributed by atoms with Crippen LogP contribution in [0.5, 0.6) is 0 Å². The van der Waals surface area contributed by atoms with E-state index in [2.05, 4.69) is 4.90 Å². The molecule has 0 fully saturated rings. The van der Waals surface area contributed by atoms with Gasteiger partial charge in [-0.25, -0.2) is 4.39 Å². The maximum atomic E-state index is 13.4. The van der Waals surface area contributed by atoms with E-state index in [1.54, 1.807) is 20.3 Å². The van der Waals surface area contributed by atoms with Crippen molar-refractivity contribution in [3.63, 3.8) is 0 Å². The number of hydrogen-bond acceptors (Lipinski definition) is 4. The summed E-state index contributed by atoms with van der Waals surface area (Å²) < 4.78 is 23.5. The Labute approximate surface area is 124 Å². The molecule has 0 aromatic heterocycles. The molecule has 0 spiro atoms. The van der Waals surface area contributed by atoms with Crippen molar-refractivity contribution in [1.82, 2.24) is 0 Å². The molecule has 0 amide bonds. The second-order valence-electron chi connectivity index (χ2n) is 4.35. The van der Waals surface area contributed by atoms with Crippen molar-refractivity contribution in [2.75, 3.05) is 45.4 Å². The second kappa shape index (κ2) is 8.84. The molecule has 6 heteroatoms. The van der Waals surface area contributed by atoms with E-state index in [0.29, 0.717) is 25.3 Å². The summed E-state index contributed by atoms with van der Waals surface area (Å²) in [6, 6.07) is 4.48. The number of ether oxygens (including phenoxy) is 2. The highest BCUT2D eigenvalue weighted by molar-refractivity contribution is 7.80. The van der Waals surface area contributed by atoms with Gasteiger partial charge in [0.15, 0.2) is 0 Å². The van der Waals surface area contributed by atoms with Crippen LogP contribution in [0.2, 0.25) is 0 Å². The first-order chi connectivity index (χ1) is 9.60. The van der Waals surface area contributed by atoms with Crippen LogP contribution >= 0.6 is 12.2 Å². The molecule has 0 aliphatic heterocycles. The van der Waals surface area contributed by atoms with E-state index in [-0.39, 0.29) is 10.8 Å². The lowest BCUT2D eigenvalue weighted by Gasteiger charge is -2.26. The fourth-order valence-electron chi connectivity index (χ4n) is 1.94. The van der Waals surface area contributed by atoms with Crippen LogP contribution in [0.15, 0.2) is 18.2 Å². The Balaban J connectivity index is 2.95. The molecule has 0 atom stereocenters. The number of nitrogens with two attached hydrogens (primary N) is 1. The molecule has 1 aromatic carbocycles. The molecular weight excluding hydrogens is 279 g/mol. The van der Waals surface area contributed by atoms with Crippen LogP contribution in [0.25, 0.3) is 0 Å². The van der Waals surface area contributed by atoms with Gasteiger partial charge in [0.05, 0.1) is 6.61 Å². The predicted octanol–water partition coefficient (Wildman–Crippen LogP) is 1.95. The topological polar surface area (TPSA) is 47.7 Å². The molecule has 0 radical (unpaired) electrons. The number of thiocarbonyl (C=S) groups is 1. The molecule has 112 valence electrons. The van der Waals surface area contributed by atoms with Crippen LogP contribution in [-0.2, 0) is 9.47 Å². The number of hydrogen-bond donors (Lipinski definition) is 1. The minimum atomic E-state index is -0.347. The van der Waals surface area contributed by atoms with Gasteiger partial charge in [-0.3, -0.25) is 0 Å². The summed E-state index contributed by atoms with van der Waals surface area (Å²) in [5.74, 6) is -0.347. The van der Waals surface area contributed by atoms with Crippen molar-refractivity contribution >= 4 is 22.9 Å². The average molecular weight is 300 g/mol. The van der Waals surface area contributed by atoms with Gasteiger partial charge in [0, 0.05) is 45.2 Å². The van der Waals surface area contributed by atoms with Crippen LogP contribution in [0.3, 0.4) is 0 Å². The Morgan fingerprint density at radius 2 is 1.95 bits per heavy atom. The molecule has 0 aliphatic rings. The minimum Gasteiger partial charge on any atom is -0.389 e. The highest BCUT2D eigenvalue weighted by Gasteiger charge is 2.13. The van der Waals surface area contributed by atoms with Crippen LogP contribution in [0.4, 0.5) is 10.1 Å². The van der Waals surface area contributed by atoms with Crippen LogP contribution in [0.1, 0.15) is 12.0 Å². The van der Waals surface area contributed by atoms with Crippen molar-refractivity contribution < 1.29 is 13.9 Å². The molecule has 1 rings (SSSR count). The molecule has 20 heavy (non-hydrogen) atoms. The fourth-order valence-corrected chi connectivity index (χ4v) is 2.10. The standard InChI is InChI=1S/C14H21FN2O2S/c1-18-8-3-6-17(7-9-19-2)13-5-4-11(15)10-12(13)14(16)20/h4-5,10H,3,6-9H2,1-2H3,(H2,16,20). The number of halogens is 1. The highest BCUT2D eigenvalue weighted by Crippen LogP contribution is 2.22. The van der Waals surface area contributed by atoms with E-state index in [1.807, 2.05) is 0 Å². The first kappa shape index (κ1) is 16.8. The Bertz CT molecular complexity index is 443. The third kappa shape index (κ3) is 5.03. The third-order valence-electron chi connectivity index (χ3n) is 2.91. The lowest BCUT2D eigenvalue weighted by atomic mass is 10.1. The molecule has 0 unspecified atom stereocenters. The molecular formula is C14H21FN2O2S. The zero-order valence-electron chi connectivity index (χ0n) is 11.9. The Kier molecular flexibility index (Phi) is 7.43. The molecule has 0 saturated carbocycles. The zero-order valence-corrected chi connectivity index (χ0v) is 12.7.